The average molecular weight is 552 g/mol. The highest BCUT2D eigenvalue weighted by Crippen LogP contribution is 2.31. The van der Waals surface area contributed by atoms with Crippen molar-refractivity contribution < 1.29 is 24.2 Å². The first kappa shape index (κ1) is 29.2. The number of aliphatic hydroxyl groups is 1. The molecule has 1 aliphatic heterocycles. The van der Waals surface area contributed by atoms with E-state index in [1.165, 1.54) is 6.42 Å². The van der Waals surface area contributed by atoms with Crippen LogP contribution in [0, 0.1) is 5.92 Å². The van der Waals surface area contributed by atoms with Crippen LogP contribution in [0.15, 0.2) is 48.5 Å². The molecule has 0 bridgehead atoms. The Balaban J connectivity index is 1.53. The van der Waals surface area contributed by atoms with Gasteiger partial charge in [0.25, 0.3) is 5.91 Å². The number of nitrogens with one attached hydrogen (secondary N) is 3. The van der Waals surface area contributed by atoms with Gasteiger partial charge in [0.15, 0.2) is 0 Å². The predicted molar refractivity (Wildman–Crippen MR) is 155 cm³/mol. The fourth-order valence-corrected chi connectivity index (χ4v) is 5.22. The maximum atomic E-state index is 13.7. The lowest BCUT2D eigenvalue weighted by molar-refractivity contribution is 0.0366. The molecule has 10 heteroatoms. The number of benzene rings is 2. The minimum Gasteiger partial charge on any atom is -0.487 e. The molecule has 0 radical (unpaired) electrons. The van der Waals surface area contributed by atoms with E-state index in [-0.39, 0.29) is 36.1 Å². The van der Waals surface area contributed by atoms with E-state index < -0.39 is 18.2 Å². The number of hydrogen-bond acceptors (Lipinski definition) is 5. The van der Waals surface area contributed by atoms with Gasteiger partial charge in [0.05, 0.1) is 24.8 Å². The maximum Gasteiger partial charge on any atom is 0.323 e. The standard InChI is InChI=1S/C30H41N5O5/c1-20-17-35(21(2)19-36)28(37)25-16-24(32-29(38)31-22-10-6-4-7-11-22)14-15-26(25)40-27(20)18-34(3)30(39)33-23-12-8-5-9-13-23/h4,6-7,10-11,14-16,20-21,23,27,36H,5,8-9,12-13,17-19H2,1-3H3,(H,33,39)(H2,31,32,38)/t20-,21-,27-/m0/s1. The summed E-state index contributed by atoms with van der Waals surface area (Å²) in [7, 11) is 1.76. The van der Waals surface area contributed by atoms with Gasteiger partial charge in [-0.25, -0.2) is 9.59 Å². The molecule has 5 amide bonds. The summed E-state index contributed by atoms with van der Waals surface area (Å²) in [6, 6.07) is 13.2. The van der Waals surface area contributed by atoms with Gasteiger partial charge in [0.1, 0.15) is 11.9 Å². The molecule has 216 valence electrons. The van der Waals surface area contributed by atoms with Gasteiger partial charge < -0.3 is 35.6 Å². The number of hydrogen-bond donors (Lipinski definition) is 4. The van der Waals surface area contributed by atoms with Crippen molar-refractivity contribution in [2.75, 3.05) is 37.4 Å². The second kappa shape index (κ2) is 13.5. The number of urea groups is 2. The van der Waals surface area contributed by atoms with Crippen molar-refractivity contribution in [3.8, 4) is 5.75 Å². The Labute approximate surface area is 236 Å². The van der Waals surface area contributed by atoms with Gasteiger partial charge in [0, 0.05) is 36.9 Å². The third-order valence-electron chi connectivity index (χ3n) is 7.69. The van der Waals surface area contributed by atoms with Gasteiger partial charge >= 0.3 is 12.1 Å². The summed E-state index contributed by atoms with van der Waals surface area (Å²) in [6.07, 6.45) is 5.07. The molecule has 0 saturated heterocycles. The average Bonchev–Trinajstić information content (AvgIpc) is 2.95. The zero-order chi connectivity index (χ0) is 28.6. The Bertz CT molecular complexity index is 1170. The number of aliphatic hydroxyl groups excluding tert-OH is 1. The summed E-state index contributed by atoms with van der Waals surface area (Å²) in [5.74, 6) is -0.0466. The van der Waals surface area contributed by atoms with E-state index in [1.54, 1.807) is 54.1 Å². The van der Waals surface area contributed by atoms with Crippen LogP contribution in [-0.2, 0) is 0 Å². The number of para-hydroxylation sites is 1. The first-order valence-corrected chi connectivity index (χ1v) is 14.1. The van der Waals surface area contributed by atoms with Crippen molar-refractivity contribution in [3.63, 3.8) is 0 Å². The Hall–Kier alpha value is -3.79. The number of fused-ring (bicyclic) bond motifs is 1. The van der Waals surface area contributed by atoms with Crippen molar-refractivity contribution in [1.29, 1.82) is 0 Å². The van der Waals surface area contributed by atoms with Crippen molar-refractivity contribution in [1.82, 2.24) is 15.1 Å². The molecule has 2 aromatic rings. The quantitative estimate of drug-likeness (QED) is 0.403. The molecule has 1 fully saturated rings. The normalized spacial score (nSPS) is 20.3. The number of amides is 5. The molecule has 3 atom stereocenters. The SMILES string of the molecule is C[C@H]1CN([C@@H](C)CO)C(=O)c2cc(NC(=O)Nc3ccccc3)ccc2O[C@H]1CN(C)C(=O)NC1CCCCC1. The Morgan fingerprint density at radius 1 is 1.07 bits per heavy atom. The first-order valence-electron chi connectivity index (χ1n) is 14.1. The molecule has 2 aliphatic rings. The summed E-state index contributed by atoms with van der Waals surface area (Å²) in [5.41, 5.74) is 1.35. The third-order valence-corrected chi connectivity index (χ3v) is 7.69. The molecule has 0 spiro atoms. The zero-order valence-corrected chi connectivity index (χ0v) is 23.6. The molecule has 1 saturated carbocycles. The van der Waals surface area contributed by atoms with E-state index in [4.69, 9.17) is 4.74 Å². The van der Waals surface area contributed by atoms with Crippen molar-refractivity contribution in [2.45, 2.75) is 64.1 Å². The summed E-state index contributed by atoms with van der Waals surface area (Å²) in [5, 5.41) is 18.6. The highest BCUT2D eigenvalue weighted by atomic mass is 16.5. The van der Waals surface area contributed by atoms with E-state index in [9.17, 15) is 19.5 Å². The Kier molecular flexibility index (Phi) is 9.87. The molecule has 1 heterocycles. The number of likely N-dealkylation sites (N-methyl/N-ethyl adjacent to an activating group) is 1. The molecule has 2 aromatic carbocycles. The monoisotopic (exact) mass is 551 g/mol. The van der Waals surface area contributed by atoms with Crippen LogP contribution < -0.4 is 20.7 Å². The summed E-state index contributed by atoms with van der Waals surface area (Å²) >= 11 is 0. The summed E-state index contributed by atoms with van der Waals surface area (Å²) in [6.45, 7) is 4.25. The lowest BCUT2D eigenvalue weighted by atomic mass is 9.96. The van der Waals surface area contributed by atoms with Crippen LogP contribution in [0.3, 0.4) is 0 Å². The largest absolute Gasteiger partial charge is 0.487 e. The summed E-state index contributed by atoms with van der Waals surface area (Å²) in [4.78, 5) is 42.5. The van der Waals surface area contributed by atoms with Crippen LogP contribution >= 0.6 is 0 Å². The number of rotatable bonds is 7. The highest BCUT2D eigenvalue weighted by molar-refractivity contribution is 6.02. The van der Waals surface area contributed by atoms with E-state index in [1.807, 2.05) is 25.1 Å². The number of anilines is 2. The molecular formula is C30H41N5O5. The van der Waals surface area contributed by atoms with E-state index in [0.29, 0.717) is 30.2 Å². The van der Waals surface area contributed by atoms with Gasteiger partial charge in [-0.15, -0.1) is 0 Å². The minimum absolute atomic E-state index is 0.120. The second-order valence-corrected chi connectivity index (χ2v) is 10.9. The minimum atomic E-state index is -0.442. The second-order valence-electron chi connectivity index (χ2n) is 10.9. The Morgan fingerprint density at radius 2 is 1.77 bits per heavy atom. The fraction of sp³-hybridized carbons (Fsp3) is 0.500. The van der Waals surface area contributed by atoms with Gasteiger partial charge in [-0.2, -0.15) is 0 Å². The van der Waals surface area contributed by atoms with E-state index in [0.717, 1.165) is 25.7 Å². The number of carbonyl (C=O) groups is 3. The van der Waals surface area contributed by atoms with Crippen LogP contribution in [-0.4, -0.2) is 77.8 Å². The molecule has 1 aliphatic carbocycles. The van der Waals surface area contributed by atoms with Crippen LogP contribution in [0.25, 0.3) is 0 Å². The number of ether oxygens (including phenoxy) is 1. The molecule has 0 unspecified atom stereocenters. The lowest BCUT2D eigenvalue weighted by Crippen LogP contribution is -2.52. The van der Waals surface area contributed by atoms with E-state index in [2.05, 4.69) is 16.0 Å². The highest BCUT2D eigenvalue weighted by Gasteiger charge is 2.34. The lowest BCUT2D eigenvalue weighted by Gasteiger charge is -2.38. The molecule has 4 rings (SSSR count). The van der Waals surface area contributed by atoms with Crippen LogP contribution in [0.4, 0.5) is 21.0 Å². The van der Waals surface area contributed by atoms with Gasteiger partial charge in [0.2, 0.25) is 0 Å². The van der Waals surface area contributed by atoms with Gasteiger partial charge in [-0.3, -0.25) is 4.79 Å². The van der Waals surface area contributed by atoms with Crippen LogP contribution in [0.1, 0.15) is 56.3 Å². The first-order chi connectivity index (χ1) is 19.2. The van der Waals surface area contributed by atoms with Crippen molar-refractivity contribution in [3.05, 3.63) is 54.1 Å². The Morgan fingerprint density at radius 3 is 2.48 bits per heavy atom. The van der Waals surface area contributed by atoms with Gasteiger partial charge in [-0.05, 0) is 50.1 Å². The molecule has 40 heavy (non-hydrogen) atoms. The molecule has 10 nitrogen and oxygen atoms in total. The third kappa shape index (κ3) is 7.44. The van der Waals surface area contributed by atoms with Crippen molar-refractivity contribution >= 4 is 29.3 Å². The molecule has 4 N–H and O–H groups in total. The fourth-order valence-electron chi connectivity index (χ4n) is 5.22. The zero-order valence-electron chi connectivity index (χ0n) is 23.6. The number of carbonyl (C=O) groups excluding carboxylic acids is 3. The van der Waals surface area contributed by atoms with E-state index >= 15 is 0 Å². The molecular weight excluding hydrogens is 510 g/mol. The number of nitrogens with zero attached hydrogens (tertiary/aromatic N) is 2. The molecule has 0 aromatic heterocycles. The topological polar surface area (TPSA) is 123 Å². The van der Waals surface area contributed by atoms with Crippen molar-refractivity contribution in [2.24, 2.45) is 5.92 Å². The predicted octanol–water partition coefficient (Wildman–Crippen LogP) is 4.52. The van der Waals surface area contributed by atoms with Gasteiger partial charge in [-0.1, -0.05) is 44.4 Å². The smallest absolute Gasteiger partial charge is 0.323 e. The van der Waals surface area contributed by atoms with Crippen LogP contribution in [0.2, 0.25) is 0 Å². The van der Waals surface area contributed by atoms with Crippen LogP contribution in [0.5, 0.6) is 5.75 Å². The summed E-state index contributed by atoms with van der Waals surface area (Å²) < 4.78 is 6.39. The maximum absolute atomic E-state index is 13.7.